The van der Waals surface area contributed by atoms with Crippen LogP contribution in [0.5, 0.6) is 11.5 Å². The second-order valence-electron chi connectivity index (χ2n) is 5.12. The first-order valence-electron chi connectivity index (χ1n) is 6.82. The zero-order valence-electron chi connectivity index (χ0n) is 12.4. The first kappa shape index (κ1) is 16.1. The molecule has 0 fully saturated rings. The zero-order chi connectivity index (χ0) is 16.7. The van der Waals surface area contributed by atoms with Crippen molar-refractivity contribution in [3.05, 3.63) is 49.9 Å². The first-order chi connectivity index (χ1) is 10.9. The van der Waals surface area contributed by atoms with Crippen LogP contribution in [0.15, 0.2) is 33.2 Å². The van der Waals surface area contributed by atoms with Crippen molar-refractivity contribution >= 4 is 55.1 Å². The number of rotatable bonds is 2. The van der Waals surface area contributed by atoms with Crippen LogP contribution < -0.4 is 10.1 Å². The van der Waals surface area contributed by atoms with E-state index in [1.165, 1.54) is 7.11 Å². The van der Waals surface area contributed by atoms with E-state index in [0.29, 0.717) is 16.9 Å². The Balaban J connectivity index is 2.27. The van der Waals surface area contributed by atoms with Gasteiger partial charge < -0.3 is 15.2 Å². The van der Waals surface area contributed by atoms with E-state index in [1.54, 1.807) is 24.3 Å². The van der Waals surface area contributed by atoms with Gasteiger partial charge in [0.25, 0.3) is 5.91 Å². The molecule has 2 aromatic rings. The Morgan fingerprint density at radius 3 is 2.70 bits per heavy atom. The van der Waals surface area contributed by atoms with Crippen molar-refractivity contribution in [2.45, 2.75) is 6.92 Å². The molecule has 0 spiro atoms. The topological polar surface area (TPSA) is 58.6 Å². The number of ether oxygens (including phenoxy) is 1. The number of halogens is 2. The number of carbonyl (C=O) groups excluding carboxylic acids is 1. The van der Waals surface area contributed by atoms with Crippen molar-refractivity contribution in [2.75, 3.05) is 12.4 Å². The van der Waals surface area contributed by atoms with Crippen molar-refractivity contribution in [1.82, 2.24) is 0 Å². The van der Waals surface area contributed by atoms with Crippen LogP contribution in [0.4, 0.5) is 5.69 Å². The molecule has 0 aromatic heterocycles. The third kappa shape index (κ3) is 2.66. The highest BCUT2D eigenvalue weighted by Crippen LogP contribution is 2.44. The predicted molar refractivity (Wildman–Crippen MR) is 97.7 cm³/mol. The molecule has 1 aliphatic heterocycles. The van der Waals surface area contributed by atoms with Gasteiger partial charge in [-0.05, 0) is 52.7 Å². The molecule has 2 aromatic carbocycles. The van der Waals surface area contributed by atoms with Crippen LogP contribution in [0, 0.1) is 6.92 Å². The van der Waals surface area contributed by atoms with Gasteiger partial charge in [0.05, 0.1) is 23.9 Å². The smallest absolute Gasteiger partial charge is 0.256 e. The second-order valence-corrected chi connectivity index (χ2v) is 6.83. The first-order valence-corrected chi connectivity index (χ1v) is 8.40. The minimum atomic E-state index is -0.216. The van der Waals surface area contributed by atoms with E-state index >= 15 is 0 Å². The number of methoxy groups -OCH3 is 1. The number of hydrogen-bond donors (Lipinski definition) is 2. The van der Waals surface area contributed by atoms with Crippen molar-refractivity contribution in [3.63, 3.8) is 0 Å². The summed E-state index contributed by atoms with van der Waals surface area (Å²) in [6.45, 7) is 1.94. The van der Waals surface area contributed by atoms with E-state index in [1.807, 2.05) is 13.0 Å². The standard InChI is InChI=1S/C17H13Br2NO3/c1-8-11(18)7-12(19)16-15(8)10(17(22)20-16)6-9-13(21)4-3-5-14(9)23-2/h3-7,21H,1-2H3,(H,20,22). The fourth-order valence-corrected chi connectivity index (χ4v) is 3.87. The van der Waals surface area contributed by atoms with Crippen molar-refractivity contribution in [3.8, 4) is 11.5 Å². The third-order valence-corrected chi connectivity index (χ3v) is 5.23. The minimum absolute atomic E-state index is 0.0600. The molecule has 0 bridgehead atoms. The Morgan fingerprint density at radius 2 is 2.00 bits per heavy atom. The molecule has 0 atom stereocenters. The summed E-state index contributed by atoms with van der Waals surface area (Å²) in [6, 6.07) is 6.89. The molecule has 4 nitrogen and oxygen atoms in total. The molecule has 6 heteroatoms. The minimum Gasteiger partial charge on any atom is -0.507 e. The molecule has 0 unspecified atom stereocenters. The monoisotopic (exact) mass is 437 g/mol. The summed E-state index contributed by atoms with van der Waals surface area (Å²) < 4.78 is 6.98. The highest BCUT2D eigenvalue weighted by molar-refractivity contribution is 9.11. The summed E-state index contributed by atoms with van der Waals surface area (Å²) in [5.74, 6) is 0.350. The number of aromatic hydroxyl groups is 1. The van der Waals surface area contributed by atoms with Gasteiger partial charge in [0.1, 0.15) is 11.5 Å². The van der Waals surface area contributed by atoms with Crippen LogP contribution >= 0.6 is 31.9 Å². The van der Waals surface area contributed by atoms with Crippen LogP contribution in [0.3, 0.4) is 0 Å². The number of phenols is 1. The van der Waals surface area contributed by atoms with Crippen LogP contribution in [-0.4, -0.2) is 18.1 Å². The molecule has 1 heterocycles. The molecule has 2 N–H and O–H groups in total. The SMILES string of the molecule is COc1cccc(O)c1C=C1C(=O)Nc2c(Br)cc(Br)c(C)c21. The van der Waals surface area contributed by atoms with Gasteiger partial charge in [-0.2, -0.15) is 0 Å². The maximum absolute atomic E-state index is 12.4. The lowest BCUT2D eigenvalue weighted by atomic mass is 9.99. The summed E-state index contributed by atoms with van der Waals surface area (Å²) in [7, 11) is 1.53. The van der Waals surface area contributed by atoms with Crippen molar-refractivity contribution in [1.29, 1.82) is 0 Å². The predicted octanol–water partition coefficient (Wildman–Crippen LogP) is 4.73. The van der Waals surface area contributed by atoms with E-state index in [0.717, 1.165) is 25.8 Å². The Bertz CT molecular complexity index is 859. The number of fused-ring (bicyclic) bond motifs is 1. The van der Waals surface area contributed by atoms with E-state index in [2.05, 4.69) is 37.2 Å². The second kappa shape index (κ2) is 6.02. The third-order valence-electron chi connectivity index (χ3n) is 3.78. The number of anilines is 1. The molecule has 3 rings (SSSR count). The number of carbonyl (C=O) groups is 1. The molecule has 1 aliphatic rings. The lowest BCUT2D eigenvalue weighted by Gasteiger charge is -2.10. The zero-order valence-corrected chi connectivity index (χ0v) is 15.6. The van der Waals surface area contributed by atoms with Gasteiger partial charge in [-0.1, -0.05) is 22.0 Å². The molecular weight excluding hydrogens is 426 g/mol. The Hall–Kier alpha value is -1.79. The van der Waals surface area contributed by atoms with Crippen molar-refractivity contribution in [2.24, 2.45) is 0 Å². The quantitative estimate of drug-likeness (QED) is 0.666. The van der Waals surface area contributed by atoms with Crippen LogP contribution in [-0.2, 0) is 4.79 Å². The Labute approximate surface area is 150 Å². The summed E-state index contributed by atoms with van der Waals surface area (Å²) in [5, 5.41) is 13.0. The summed E-state index contributed by atoms with van der Waals surface area (Å²) in [4.78, 5) is 12.4. The van der Waals surface area contributed by atoms with Crippen LogP contribution in [0.1, 0.15) is 16.7 Å². The van der Waals surface area contributed by atoms with E-state index in [-0.39, 0.29) is 11.7 Å². The molecule has 1 amide bonds. The number of hydrogen-bond acceptors (Lipinski definition) is 3. The van der Waals surface area contributed by atoms with Gasteiger partial charge in [0.2, 0.25) is 0 Å². The van der Waals surface area contributed by atoms with Crippen LogP contribution in [0.25, 0.3) is 11.6 Å². The Kier molecular flexibility index (Phi) is 4.21. The van der Waals surface area contributed by atoms with Crippen molar-refractivity contribution < 1.29 is 14.6 Å². The molecule has 0 radical (unpaired) electrons. The largest absolute Gasteiger partial charge is 0.507 e. The highest BCUT2D eigenvalue weighted by atomic mass is 79.9. The average molecular weight is 439 g/mol. The van der Waals surface area contributed by atoms with Crippen LogP contribution in [0.2, 0.25) is 0 Å². The summed E-state index contributed by atoms with van der Waals surface area (Å²) in [5.41, 5.74) is 3.45. The fraction of sp³-hybridized carbons (Fsp3) is 0.118. The molecular formula is C17H13Br2NO3. The van der Waals surface area contributed by atoms with E-state index in [4.69, 9.17) is 4.74 Å². The maximum atomic E-state index is 12.4. The van der Waals surface area contributed by atoms with E-state index in [9.17, 15) is 9.90 Å². The summed E-state index contributed by atoms with van der Waals surface area (Å²) in [6.07, 6.45) is 1.65. The molecule has 23 heavy (non-hydrogen) atoms. The number of nitrogens with one attached hydrogen (secondary N) is 1. The molecule has 0 aliphatic carbocycles. The van der Waals surface area contributed by atoms with Gasteiger partial charge >= 0.3 is 0 Å². The average Bonchev–Trinajstić information content (AvgIpc) is 2.84. The lowest BCUT2D eigenvalue weighted by Crippen LogP contribution is -2.04. The summed E-state index contributed by atoms with van der Waals surface area (Å²) >= 11 is 6.97. The highest BCUT2D eigenvalue weighted by Gasteiger charge is 2.29. The fourth-order valence-electron chi connectivity index (χ4n) is 2.61. The van der Waals surface area contributed by atoms with Gasteiger partial charge in [0, 0.05) is 14.5 Å². The van der Waals surface area contributed by atoms with E-state index < -0.39 is 0 Å². The van der Waals surface area contributed by atoms with Gasteiger partial charge in [0.15, 0.2) is 0 Å². The number of amides is 1. The molecule has 118 valence electrons. The number of phenolic OH excluding ortho intramolecular Hbond substituents is 1. The molecule has 0 saturated heterocycles. The normalized spacial score (nSPS) is 14.8. The number of benzene rings is 2. The Morgan fingerprint density at radius 1 is 1.26 bits per heavy atom. The van der Waals surface area contributed by atoms with Gasteiger partial charge in [-0.25, -0.2) is 0 Å². The maximum Gasteiger partial charge on any atom is 0.256 e. The van der Waals surface area contributed by atoms with Gasteiger partial charge in [-0.15, -0.1) is 0 Å². The molecule has 0 saturated carbocycles. The lowest BCUT2D eigenvalue weighted by molar-refractivity contribution is -0.110. The van der Waals surface area contributed by atoms with Gasteiger partial charge in [-0.3, -0.25) is 4.79 Å².